The smallest absolute Gasteiger partial charge is 0.333 e. The molecule has 0 aromatic carbocycles. The highest BCUT2D eigenvalue weighted by molar-refractivity contribution is 5.88. The van der Waals surface area contributed by atoms with Gasteiger partial charge in [-0.2, -0.15) is 0 Å². The summed E-state index contributed by atoms with van der Waals surface area (Å²) in [6.45, 7) is 32.7. The molecule has 0 fully saturated rings. The summed E-state index contributed by atoms with van der Waals surface area (Å²) in [5.41, 5.74) is 1.41. The summed E-state index contributed by atoms with van der Waals surface area (Å²) in [5.74, 6) is -1.73. The Morgan fingerprint density at radius 1 is 0.391 bits per heavy atom. The number of ether oxygens (including phenoxy) is 8. The molecule has 0 amide bonds. The lowest BCUT2D eigenvalue weighted by Gasteiger charge is -2.20. The van der Waals surface area contributed by atoms with Crippen molar-refractivity contribution in [1.82, 2.24) is 0 Å². The zero-order valence-corrected chi connectivity index (χ0v) is 29.4. The van der Waals surface area contributed by atoms with Crippen LogP contribution in [0.25, 0.3) is 0 Å². The summed E-state index contributed by atoms with van der Waals surface area (Å²) in [5, 5.41) is 0. The summed E-state index contributed by atoms with van der Waals surface area (Å²) in [4.78, 5) is 45.2. The van der Waals surface area contributed by atoms with Crippen molar-refractivity contribution < 1.29 is 57.1 Å². The van der Waals surface area contributed by atoms with Gasteiger partial charge in [-0.3, -0.25) is 0 Å². The van der Waals surface area contributed by atoms with E-state index in [-0.39, 0.29) is 63.1 Å². The van der Waals surface area contributed by atoms with E-state index in [0.29, 0.717) is 35.5 Å². The Morgan fingerprint density at radius 3 is 0.848 bits per heavy atom. The SMILES string of the molecule is C=C(C)C(=O)OCC(C)OCC(C)OCC(C)OC(=O)C(=C)C.C=C(C)C(=O)OCC(C)OCC(C)OCC(C)OC(=O)C(=C)C. The van der Waals surface area contributed by atoms with Gasteiger partial charge < -0.3 is 37.9 Å². The van der Waals surface area contributed by atoms with Crippen molar-refractivity contribution in [3.8, 4) is 0 Å². The molecule has 264 valence electrons. The van der Waals surface area contributed by atoms with Crippen LogP contribution >= 0.6 is 0 Å². The van der Waals surface area contributed by atoms with Crippen LogP contribution in [0.3, 0.4) is 0 Å². The maximum atomic E-state index is 11.3. The molecule has 0 aromatic heterocycles. The quantitative estimate of drug-likeness (QED) is 0.0893. The number of hydrogen-bond donors (Lipinski definition) is 0. The van der Waals surface area contributed by atoms with Crippen molar-refractivity contribution in [2.24, 2.45) is 0 Å². The molecule has 0 heterocycles. The van der Waals surface area contributed by atoms with E-state index >= 15 is 0 Å². The Balaban J connectivity index is 0. The van der Waals surface area contributed by atoms with Crippen molar-refractivity contribution in [1.29, 1.82) is 0 Å². The van der Waals surface area contributed by atoms with Crippen LogP contribution in [0.2, 0.25) is 0 Å². The molecule has 0 bridgehead atoms. The molecule has 0 aliphatic rings. The minimum atomic E-state index is -0.432. The molecule has 0 spiro atoms. The first-order valence-corrected chi connectivity index (χ1v) is 15.1. The van der Waals surface area contributed by atoms with E-state index in [1.807, 2.05) is 13.8 Å². The minimum Gasteiger partial charge on any atom is -0.460 e. The predicted octanol–water partition coefficient (Wildman–Crippen LogP) is 4.85. The first kappa shape index (κ1) is 44.8. The second-order valence-electron chi connectivity index (χ2n) is 11.3. The van der Waals surface area contributed by atoms with E-state index in [2.05, 4.69) is 26.3 Å². The topological polar surface area (TPSA) is 142 Å². The fraction of sp³-hybridized carbons (Fsp3) is 0.647. The normalized spacial score (nSPS) is 14.5. The first-order chi connectivity index (χ1) is 21.3. The standard InChI is InChI=1S/2C17H28O6/c2*1-11(2)16(18)22-9-14(6)20-8-13(5)21-10-15(7)23-17(19)12(3)4/h2*13-15H,1,3,8-10H2,2,4-7H3. The lowest BCUT2D eigenvalue weighted by atomic mass is 10.3. The molecule has 0 saturated heterocycles. The van der Waals surface area contributed by atoms with Crippen LogP contribution in [0.5, 0.6) is 0 Å². The number of carbonyl (C=O) groups is 4. The maximum Gasteiger partial charge on any atom is 0.333 e. The molecule has 12 nitrogen and oxygen atoms in total. The summed E-state index contributed by atoms with van der Waals surface area (Å²) in [6.07, 6.45) is -1.59. The lowest BCUT2D eigenvalue weighted by molar-refractivity contribution is -0.150. The van der Waals surface area contributed by atoms with Crippen molar-refractivity contribution in [3.05, 3.63) is 48.6 Å². The van der Waals surface area contributed by atoms with Crippen molar-refractivity contribution in [3.63, 3.8) is 0 Å². The molecular formula is C34H56O12. The van der Waals surface area contributed by atoms with Gasteiger partial charge in [0.25, 0.3) is 0 Å². The average molecular weight is 657 g/mol. The van der Waals surface area contributed by atoms with Crippen LogP contribution in [0.1, 0.15) is 69.2 Å². The molecule has 6 atom stereocenters. The van der Waals surface area contributed by atoms with Gasteiger partial charge in [0.15, 0.2) is 0 Å². The predicted molar refractivity (Wildman–Crippen MR) is 174 cm³/mol. The van der Waals surface area contributed by atoms with Gasteiger partial charge in [0.05, 0.1) is 50.8 Å². The molecule has 0 saturated carbocycles. The summed E-state index contributed by atoms with van der Waals surface area (Å²) in [7, 11) is 0. The molecule has 0 aromatic rings. The zero-order chi connectivity index (χ0) is 36.0. The number of rotatable bonds is 22. The summed E-state index contributed by atoms with van der Waals surface area (Å²) >= 11 is 0. The molecule has 0 radical (unpaired) electrons. The zero-order valence-electron chi connectivity index (χ0n) is 29.4. The summed E-state index contributed by atoms with van der Waals surface area (Å²) in [6, 6.07) is 0. The van der Waals surface area contributed by atoms with Gasteiger partial charge in [-0.05, 0) is 69.2 Å². The van der Waals surface area contributed by atoms with Crippen molar-refractivity contribution in [2.75, 3.05) is 39.6 Å². The van der Waals surface area contributed by atoms with Crippen LogP contribution in [0.15, 0.2) is 48.6 Å². The Morgan fingerprint density at radius 2 is 0.609 bits per heavy atom. The van der Waals surface area contributed by atoms with Gasteiger partial charge in [-0.1, -0.05) is 26.3 Å². The van der Waals surface area contributed by atoms with E-state index in [4.69, 9.17) is 37.9 Å². The minimum absolute atomic E-state index is 0.158. The van der Waals surface area contributed by atoms with E-state index in [0.717, 1.165) is 0 Å². The second kappa shape index (κ2) is 24.9. The third kappa shape index (κ3) is 24.9. The lowest BCUT2D eigenvalue weighted by Crippen LogP contribution is -2.28. The van der Waals surface area contributed by atoms with Gasteiger partial charge in [0.2, 0.25) is 0 Å². The van der Waals surface area contributed by atoms with Crippen LogP contribution in [-0.2, 0) is 57.1 Å². The van der Waals surface area contributed by atoms with Crippen LogP contribution in [0.4, 0.5) is 0 Å². The molecular weight excluding hydrogens is 600 g/mol. The third-order valence-electron chi connectivity index (χ3n) is 5.37. The van der Waals surface area contributed by atoms with E-state index in [1.54, 1.807) is 55.4 Å². The maximum absolute atomic E-state index is 11.3. The van der Waals surface area contributed by atoms with Crippen LogP contribution in [0, 0.1) is 0 Å². The third-order valence-corrected chi connectivity index (χ3v) is 5.37. The van der Waals surface area contributed by atoms with Crippen LogP contribution in [-0.4, -0.2) is 100 Å². The van der Waals surface area contributed by atoms with E-state index < -0.39 is 23.9 Å². The van der Waals surface area contributed by atoms with Gasteiger partial charge in [0.1, 0.15) is 25.4 Å². The highest BCUT2D eigenvalue weighted by Crippen LogP contribution is 2.05. The van der Waals surface area contributed by atoms with Gasteiger partial charge in [-0.15, -0.1) is 0 Å². The average Bonchev–Trinajstić information content (AvgIpc) is 2.98. The fourth-order valence-electron chi connectivity index (χ4n) is 2.66. The van der Waals surface area contributed by atoms with Gasteiger partial charge in [0, 0.05) is 22.3 Å². The highest BCUT2D eigenvalue weighted by atomic mass is 16.6. The van der Waals surface area contributed by atoms with Gasteiger partial charge in [-0.25, -0.2) is 19.2 Å². The molecule has 0 rings (SSSR count). The Kier molecular flexibility index (Phi) is 24.2. The van der Waals surface area contributed by atoms with E-state index in [1.165, 1.54) is 0 Å². The molecule has 0 aliphatic carbocycles. The number of hydrogen-bond acceptors (Lipinski definition) is 12. The number of carbonyl (C=O) groups excluding carboxylic acids is 4. The molecule has 0 N–H and O–H groups in total. The molecule has 0 aliphatic heterocycles. The first-order valence-electron chi connectivity index (χ1n) is 15.1. The highest BCUT2D eigenvalue weighted by Gasteiger charge is 2.16. The Bertz CT molecular complexity index is 938. The Hall–Kier alpha value is -3.32. The Labute approximate surface area is 275 Å². The molecule has 6 unspecified atom stereocenters. The molecule has 12 heteroatoms. The fourth-order valence-corrected chi connectivity index (χ4v) is 2.66. The number of esters is 4. The largest absolute Gasteiger partial charge is 0.460 e. The second-order valence-corrected chi connectivity index (χ2v) is 11.3. The van der Waals surface area contributed by atoms with Crippen molar-refractivity contribution in [2.45, 2.75) is 106 Å². The van der Waals surface area contributed by atoms with Crippen LogP contribution < -0.4 is 0 Å². The van der Waals surface area contributed by atoms with Crippen molar-refractivity contribution >= 4 is 23.9 Å². The van der Waals surface area contributed by atoms with E-state index in [9.17, 15) is 19.2 Å². The van der Waals surface area contributed by atoms with Gasteiger partial charge >= 0.3 is 23.9 Å². The molecule has 46 heavy (non-hydrogen) atoms. The monoisotopic (exact) mass is 656 g/mol. The summed E-state index contributed by atoms with van der Waals surface area (Å²) < 4.78 is 42.3.